The molecule has 1 aliphatic heterocycles. The van der Waals surface area contributed by atoms with Crippen LogP contribution < -0.4 is 5.32 Å². The van der Waals surface area contributed by atoms with Crippen molar-refractivity contribution in [2.75, 3.05) is 25.5 Å². The van der Waals surface area contributed by atoms with Crippen LogP contribution in [0.2, 0.25) is 0 Å². The Morgan fingerprint density at radius 2 is 2.38 bits per heavy atom. The van der Waals surface area contributed by atoms with Crippen molar-refractivity contribution in [3.8, 4) is 0 Å². The first kappa shape index (κ1) is 16.2. The lowest BCUT2D eigenvalue weighted by molar-refractivity contribution is 0.0602. The minimum Gasteiger partial charge on any atom is -0.465 e. The van der Waals surface area contributed by atoms with Crippen LogP contribution in [0.15, 0.2) is 6.07 Å². The number of carbonyl (C=O) groups is 1. The van der Waals surface area contributed by atoms with Gasteiger partial charge in [0.15, 0.2) is 5.11 Å². The third-order valence-corrected chi connectivity index (χ3v) is 5.26. The highest BCUT2D eigenvalue weighted by molar-refractivity contribution is 7.80. The first-order chi connectivity index (χ1) is 10.0. The lowest BCUT2D eigenvalue weighted by atomic mass is 10.0. The lowest BCUT2D eigenvalue weighted by Crippen LogP contribution is -2.41. The number of thiocarbonyl (C=S) groups is 1. The lowest BCUT2D eigenvalue weighted by Gasteiger charge is -2.32. The number of hydrogen-bond acceptors (Lipinski definition) is 4. The quantitative estimate of drug-likeness (QED) is 0.680. The number of anilines is 1. The zero-order valence-electron chi connectivity index (χ0n) is 12.8. The SMILES string of the molecule is CCc1cc(C(=O)OC)c(NC(=S)N2CCC[C@@H](C)C2)s1. The molecular weight excluding hydrogens is 304 g/mol. The second kappa shape index (κ2) is 7.22. The van der Waals surface area contributed by atoms with Gasteiger partial charge in [0.25, 0.3) is 0 Å². The predicted molar refractivity (Wildman–Crippen MR) is 91.2 cm³/mol. The third-order valence-electron chi connectivity index (χ3n) is 3.70. The van der Waals surface area contributed by atoms with Gasteiger partial charge in [-0.1, -0.05) is 13.8 Å². The van der Waals surface area contributed by atoms with E-state index in [9.17, 15) is 4.79 Å². The molecule has 4 nitrogen and oxygen atoms in total. The van der Waals surface area contributed by atoms with Crippen LogP contribution in [0.25, 0.3) is 0 Å². The fraction of sp³-hybridized carbons (Fsp3) is 0.600. The standard InChI is InChI=1S/C15H22N2O2S2/c1-4-11-8-12(14(18)19-3)13(21-11)16-15(20)17-7-5-6-10(2)9-17/h8,10H,4-7,9H2,1-3H3,(H,16,20)/t10-/m1/s1. The summed E-state index contributed by atoms with van der Waals surface area (Å²) in [6.45, 7) is 6.28. The molecule has 0 aliphatic carbocycles. The second-order valence-corrected chi connectivity index (χ2v) is 6.95. The van der Waals surface area contributed by atoms with E-state index in [2.05, 4.69) is 24.1 Å². The average Bonchev–Trinajstić information content (AvgIpc) is 2.89. The number of piperidine rings is 1. The van der Waals surface area contributed by atoms with Crippen LogP contribution >= 0.6 is 23.6 Å². The summed E-state index contributed by atoms with van der Waals surface area (Å²) in [6.07, 6.45) is 3.31. The Balaban J connectivity index is 2.12. The molecule has 116 valence electrons. The van der Waals surface area contributed by atoms with E-state index in [0.717, 1.165) is 35.8 Å². The Morgan fingerprint density at radius 1 is 1.62 bits per heavy atom. The fourth-order valence-corrected chi connectivity index (χ4v) is 3.84. The molecule has 21 heavy (non-hydrogen) atoms. The van der Waals surface area contributed by atoms with Crippen molar-refractivity contribution in [1.82, 2.24) is 4.90 Å². The summed E-state index contributed by atoms with van der Waals surface area (Å²) < 4.78 is 4.85. The Kier molecular flexibility index (Phi) is 5.58. The summed E-state index contributed by atoms with van der Waals surface area (Å²) in [5.41, 5.74) is 0.576. The molecule has 1 aromatic rings. The van der Waals surface area contributed by atoms with Crippen molar-refractivity contribution in [1.29, 1.82) is 0 Å². The molecule has 1 saturated heterocycles. The van der Waals surface area contributed by atoms with Gasteiger partial charge in [0.1, 0.15) is 5.00 Å². The first-order valence-electron chi connectivity index (χ1n) is 7.32. The van der Waals surface area contributed by atoms with E-state index in [1.807, 2.05) is 6.07 Å². The van der Waals surface area contributed by atoms with E-state index in [1.165, 1.54) is 13.5 Å². The highest BCUT2D eigenvalue weighted by Crippen LogP contribution is 2.30. The van der Waals surface area contributed by atoms with Crippen LogP contribution in [0, 0.1) is 5.92 Å². The number of rotatable bonds is 3. The maximum atomic E-state index is 11.9. The Labute approximate surface area is 135 Å². The molecule has 0 spiro atoms. The van der Waals surface area contributed by atoms with E-state index in [-0.39, 0.29) is 5.97 Å². The largest absolute Gasteiger partial charge is 0.465 e. The van der Waals surface area contributed by atoms with Gasteiger partial charge >= 0.3 is 5.97 Å². The van der Waals surface area contributed by atoms with Crippen LogP contribution in [0.5, 0.6) is 0 Å². The number of ether oxygens (including phenoxy) is 1. The summed E-state index contributed by atoms with van der Waals surface area (Å²) in [5.74, 6) is 0.344. The average molecular weight is 326 g/mol. The number of methoxy groups -OCH3 is 1. The molecule has 1 fully saturated rings. The topological polar surface area (TPSA) is 41.6 Å². The zero-order chi connectivity index (χ0) is 15.4. The van der Waals surface area contributed by atoms with E-state index >= 15 is 0 Å². The van der Waals surface area contributed by atoms with Crippen molar-refractivity contribution < 1.29 is 9.53 Å². The fourth-order valence-electron chi connectivity index (χ4n) is 2.52. The Hall–Kier alpha value is -1.14. The number of esters is 1. The summed E-state index contributed by atoms with van der Waals surface area (Å²) in [4.78, 5) is 15.2. The van der Waals surface area contributed by atoms with Crippen LogP contribution in [0.3, 0.4) is 0 Å². The van der Waals surface area contributed by atoms with Crippen molar-refractivity contribution in [2.24, 2.45) is 5.92 Å². The molecule has 0 unspecified atom stereocenters. The number of aryl methyl sites for hydroxylation is 1. The van der Waals surface area contributed by atoms with Crippen LogP contribution in [0.1, 0.15) is 41.9 Å². The molecule has 1 atom stereocenters. The highest BCUT2D eigenvalue weighted by Gasteiger charge is 2.22. The molecule has 0 radical (unpaired) electrons. The Morgan fingerprint density at radius 3 is 3.00 bits per heavy atom. The predicted octanol–water partition coefficient (Wildman–Crippen LogP) is 3.53. The molecule has 0 saturated carbocycles. The molecule has 0 amide bonds. The van der Waals surface area contributed by atoms with Gasteiger partial charge in [-0.15, -0.1) is 11.3 Å². The molecule has 1 aromatic heterocycles. The van der Waals surface area contributed by atoms with E-state index < -0.39 is 0 Å². The number of carbonyl (C=O) groups excluding carboxylic acids is 1. The van der Waals surface area contributed by atoms with Gasteiger partial charge in [-0.25, -0.2) is 4.79 Å². The summed E-state index contributed by atoms with van der Waals surface area (Å²) in [7, 11) is 1.40. The van der Waals surface area contributed by atoms with Crippen LogP contribution in [0.4, 0.5) is 5.00 Å². The van der Waals surface area contributed by atoms with Gasteiger partial charge in [-0.3, -0.25) is 0 Å². The second-order valence-electron chi connectivity index (χ2n) is 5.42. The minimum absolute atomic E-state index is 0.316. The Bertz CT molecular complexity index is 528. The smallest absolute Gasteiger partial charge is 0.340 e. The molecule has 2 rings (SSSR count). The first-order valence-corrected chi connectivity index (χ1v) is 8.54. The maximum Gasteiger partial charge on any atom is 0.340 e. The number of nitrogens with zero attached hydrogens (tertiary/aromatic N) is 1. The van der Waals surface area contributed by atoms with Crippen molar-refractivity contribution in [3.05, 3.63) is 16.5 Å². The normalized spacial score (nSPS) is 18.4. The van der Waals surface area contributed by atoms with Gasteiger partial charge in [0.05, 0.1) is 12.7 Å². The van der Waals surface area contributed by atoms with E-state index in [1.54, 1.807) is 11.3 Å². The molecule has 1 N–H and O–H groups in total. The monoisotopic (exact) mass is 326 g/mol. The number of hydrogen-bond donors (Lipinski definition) is 1. The van der Waals surface area contributed by atoms with Gasteiger partial charge in [-0.05, 0) is 43.5 Å². The van der Waals surface area contributed by atoms with E-state index in [0.29, 0.717) is 16.6 Å². The molecule has 0 aromatic carbocycles. The maximum absolute atomic E-state index is 11.9. The third kappa shape index (κ3) is 3.95. The van der Waals surface area contributed by atoms with E-state index in [4.69, 9.17) is 17.0 Å². The minimum atomic E-state index is -0.316. The van der Waals surface area contributed by atoms with Crippen LogP contribution in [-0.4, -0.2) is 36.2 Å². The molecular formula is C15H22N2O2S2. The summed E-state index contributed by atoms with van der Waals surface area (Å²) in [5, 5.41) is 4.74. The molecule has 0 bridgehead atoms. The van der Waals surface area contributed by atoms with Crippen LogP contribution in [-0.2, 0) is 11.2 Å². The van der Waals surface area contributed by atoms with Crippen molar-refractivity contribution in [2.45, 2.75) is 33.1 Å². The molecule has 6 heteroatoms. The summed E-state index contributed by atoms with van der Waals surface area (Å²) >= 11 is 7.08. The van der Waals surface area contributed by atoms with Gasteiger partial charge < -0.3 is 15.0 Å². The van der Waals surface area contributed by atoms with Crippen molar-refractivity contribution in [3.63, 3.8) is 0 Å². The number of nitrogens with one attached hydrogen (secondary N) is 1. The van der Waals surface area contributed by atoms with Gasteiger partial charge in [0, 0.05) is 18.0 Å². The van der Waals surface area contributed by atoms with Gasteiger partial charge in [-0.2, -0.15) is 0 Å². The molecule has 2 heterocycles. The summed E-state index contributed by atoms with van der Waals surface area (Å²) in [6, 6.07) is 1.89. The molecule has 1 aliphatic rings. The zero-order valence-corrected chi connectivity index (χ0v) is 14.4. The number of likely N-dealkylation sites (tertiary alicyclic amines) is 1. The highest BCUT2D eigenvalue weighted by atomic mass is 32.1. The van der Waals surface area contributed by atoms with Gasteiger partial charge in [0.2, 0.25) is 0 Å². The van der Waals surface area contributed by atoms with Crippen molar-refractivity contribution >= 4 is 39.6 Å². The number of thiophene rings is 1.